The molecule has 272 valence electrons. The van der Waals surface area contributed by atoms with Crippen LogP contribution >= 0.6 is 11.8 Å². The Morgan fingerprint density at radius 2 is 1.24 bits per heavy atom. The van der Waals surface area contributed by atoms with E-state index >= 15 is 0 Å². The molecule has 0 unspecified atom stereocenters. The molecule has 0 radical (unpaired) electrons. The fourth-order valence-corrected chi connectivity index (χ4v) is 6.58. The summed E-state index contributed by atoms with van der Waals surface area (Å²) < 4.78 is 1.71. The van der Waals surface area contributed by atoms with Gasteiger partial charge in [-0.15, -0.1) is 11.8 Å². The molecule has 0 saturated carbocycles. The van der Waals surface area contributed by atoms with E-state index in [1.807, 2.05) is 30.3 Å². The summed E-state index contributed by atoms with van der Waals surface area (Å²) in [7, 11) is 0. The lowest BCUT2D eigenvalue weighted by Crippen LogP contribution is -2.59. The lowest BCUT2D eigenvalue weighted by molar-refractivity contribution is -0.134. The smallest absolute Gasteiger partial charge is 0.244 e. The van der Waals surface area contributed by atoms with Crippen LogP contribution in [-0.2, 0) is 40.0 Å². The average Bonchev–Trinajstić information content (AvgIpc) is 3.47. The Morgan fingerprint density at radius 3 is 1.78 bits per heavy atom. The molecule has 15 nitrogen and oxygen atoms in total. The van der Waals surface area contributed by atoms with Crippen molar-refractivity contribution in [2.75, 3.05) is 5.75 Å². The molecule has 1 aromatic heterocycles. The predicted octanol–water partition coefficient (Wildman–Crippen LogP) is 0.0244. The number of benzene rings is 2. The second-order valence-electron chi connectivity index (χ2n) is 12.6. The first-order chi connectivity index (χ1) is 24.2. The normalized spacial score (nSPS) is 24.8. The van der Waals surface area contributed by atoms with Gasteiger partial charge in [-0.05, 0) is 40.2 Å². The number of amides is 7. The third kappa shape index (κ3) is 9.87. The highest BCUT2D eigenvalue weighted by atomic mass is 32.2. The van der Waals surface area contributed by atoms with Crippen molar-refractivity contribution in [2.24, 2.45) is 5.73 Å². The number of hydrogen-bond donors (Lipinski definition) is 7. The van der Waals surface area contributed by atoms with E-state index in [-0.39, 0.29) is 12.2 Å². The number of rotatable bonds is 5. The summed E-state index contributed by atoms with van der Waals surface area (Å²) in [5.74, 6) is -4.69. The van der Waals surface area contributed by atoms with Gasteiger partial charge in [0.15, 0.2) is 0 Å². The van der Waals surface area contributed by atoms with Crippen molar-refractivity contribution >= 4 is 63.9 Å². The molecule has 1 aliphatic rings. The average molecular weight is 721 g/mol. The summed E-state index contributed by atoms with van der Waals surface area (Å²) in [5, 5.41) is 17.8. The minimum absolute atomic E-state index is 0.0550. The van der Waals surface area contributed by atoms with Gasteiger partial charge in [-0.25, -0.2) is 0 Å². The fraction of sp³-hybridized carbons (Fsp3) is 0.400. The standard InChI is InChI=1S/C35H44N8O7S/c1-18-29(45)37-19(2)30(46)39-21(4)32(48)42-27(34(50)41-26(28(36)44)15-23-11-7-6-8-12-23)17-51-35-25-14-10-9-13-24(25)16-43(35)22(5)33(49)40-20(3)31(47)38-18/h6-14,16,18-22,26-27H,15,17H2,1-5H3,(H2,36,44)(H,37,45)(H,38,47)(H,39,46)(H,40,49)(H,41,50)(H,42,48)/t18-,19-,20-,21-,22-,26-,27-/m0/s1. The predicted molar refractivity (Wildman–Crippen MR) is 191 cm³/mol. The Hall–Kier alpha value is -5.38. The van der Waals surface area contributed by atoms with E-state index < -0.39 is 83.6 Å². The van der Waals surface area contributed by atoms with Crippen molar-refractivity contribution in [1.82, 2.24) is 36.5 Å². The highest BCUT2D eigenvalue weighted by Gasteiger charge is 2.31. The second kappa shape index (κ2) is 17.0. The van der Waals surface area contributed by atoms with Crippen LogP contribution in [0.2, 0.25) is 0 Å². The minimum Gasteiger partial charge on any atom is -0.368 e. The van der Waals surface area contributed by atoms with E-state index in [0.29, 0.717) is 5.03 Å². The van der Waals surface area contributed by atoms with E-state index in [4.69, 9.17) is 5.73 Å². The first kappa shape index (κ1) is 38.4. The number of nitrogens with two attached hydrogens (primary N) is 1. The second-order valence-corrected chi connectivity index (χ2v) is 13.6. The lowest BCUT2D eigenvalue weighted by atomic mass is 10.1. The molecule has 8 N–H and O–H groups in total. The first-order valence-corrected chi connectivity index (χ1v) is 17.5. The van der Waals surface area contributed by atoms with Crippen molar-refractivity contribution in [3.8, 4) is 0 Å². The zero-order chi connectivity index (χ0) is 37.4. The summed E-state index contributed by atoms with van der Waals surface area (Å²) in [6.45, 7) is 7.40. The van der Waals surface area contributed by atoms with E-state index in [2.05, 4.69) is 31.9 Å². The number of thioether (sulfide) groups is 1. The number of carbonyl (C=O) groups is 7. The van der Waals surface area contributed by atoms with Crippen LogP contribution in [0.15, 0.2) is 65.8 Å². The van der Waals surface area contributed by atoms with Crippen molar-refractivity contribution in [3.05, 3.63) is 66.4 Å². The maximum Gasteiger partial charge on any atom is 0.244 e. The van der Waals surface area contributed by atoms with Crippen LogP contribution in [0, 0.1) is 0 Å². The van der Waals surface area contributed by atoms with Gasteiger partial charge in [0.05, 0.1) is 5.03 Å². The summed E-state index contributed by atoms with van der Waals surface area (Å²) in [6.07, 6.45) is 1.89. The Labute approximate surface area is 299 Å². The number of fused-ring (bicyclic) bond motifs is 3. The van der Waals surface area contributed by atoms with E-state index in [9.17, 15) is 33.6 Å². The van der Waals surface area contributed by atoms with Gasteiger partial charge in [0.25, 0.3) is 0 Å². The van der Waals surface area contributed by atoms with Gasteiger partial charge in [-0.2, -0.15) is 0 Å². The van der Waals surface area contributed by atoms with Gasteiger partial charge in [-0.1, -0.05) is 54.6 Å². The van der Waals surface area contributed by atoms with Gasteiger partial charge in [0.2, 0.25) is 41.4 Å². The summed E-state index contributed by atoms with van der Waals surface area (Å²) in [4.78, 5) is 91.9. The molecule has 7 atom stereocenters. The van der Waals surface area contributed by atoms with Crippen LogP contribution in [0.4, 0.5) is 0 Å². The fourth-order valence-electron chi connectivity index (χ4n) is 5.32. The monoisotopic (exact) mass is 720 g/mol. The zero-order valence-corrected chi connectivity index (χ0v) is 29.8. The Kier molecular flexibility index (Phi) is 12.8. The molecule has 0 bridgehead atoms. The lowest BCUT2D eigenvalue weighted by Gasteiger charge is -2.25. The largest absolute Gasteiger partial charge is 0.368 e. The zero-order valence-electron chi connectivity index (χ0n) is 29.0. The van der Waals surface area contributed by atoms with Gasteiger partial charge in [-0.3, -0.25) is 33.6 Å². The maximum atomic E-state index is 13.8. The third-order valence-corrected chi connectivity index (χ3v) is 9.68. The van der Waals surface area contributed by atoms with Crippen molar-refractivity contribution < 1.29 is 33.6 Å². The molecule has 2 aromatic carbocycles. The topological polar surface area (TPSA) is 223 Å². The highest BCUT2D eigenvalue weighted by molar-refractivity contribution is 7.99. The van der Waals surface area contributed by atoms with Gasteiger partial charge in [0, 0.05) is 29.1 Å². The number of nitrogens with one attached hydrogen (secondary N) is 6. The maximum absolute atomic E-state index is 13.8. The number of aromatic nitrogens is 1. The van der Waals surface area contributed by atoms with Crippen LogP contribution in [-0.4, -0.2) is 87.9 Å². The summed E-state index contributed by atoms with van der Waals surface area (Å²) >= 11 is 1.20. The Morgan fingerprint density at radius 1 is 0.745 bits per heavy atom. The van der Waals surface area contributed by atoms with Crippen LogP contribution in [0.1, 0.15) is 46.2 Å². The highest BCUT2D eigenvalue weighted by Crippen LogP contribution is 2.33. The van der Waals surface area contributed by atoms with Crippen LogP contribution in [0.25, 0.3) is 10.8 Å². The Balaban J connectivity index is 1.70. The van der Waals surface area contributed by atoms with Crippen molar-refractivity contribution in [2.45, 2.75) is 88.4 Å². The summed E-state index contributed by atoms with van der Waals surface area (Å²) in [5.41, 5.74) is 6.43. The van der Waals surface area contributed by atoms with Crippen molar-refractivity contribution in [3.63, 3.8) is 0 Å². The van der Waals surface area contributed by atoms with Crippen LogP contribution < -0.4 is 37.6 Å². The molecule has 0 fully saturated rings. The minimum atomic E-state index is -1.24. The molecular formula is C35H44N8O7S. The van der Waals surface area contributed by atoms with Crippen LogP contribution in [0.3, 0.4) is 0 Å². The van der Waals surface area contributed by atoms with E-state index in [1.54, 1.807) is 42.0 Å². The molecule has 0 aliphatic carbocycles. The van der Waals surface area contributed by atoms with Gasteiger partial charge >= 0.3 is 0 Å². The molecule has 1 aliphatic heterocycles. The Bertz CT molecular complexity index is 1800. The van der Waals surface area contributed by atoms with Crippen molar-refractivity contribution in [1.29, 1.82) is 0 Å². The van der Waals surface area contributed by atoms with Gasteiger partial charge in [0.1, 0.15) is 42.3 Å². The molecule has 4 rings (SSSR count). The van der Waals surface area contributed by atoms with Gasteiger partial charge < -0.3 is 42.2 Å². The molecule has 2 heterocycles. The number of primary amides is 1. The molecule has 3 aromatic rings. The van der Waals surface area contributed by atoms with E-state index in [1.165, 1.54) is 39.5 Å². The number of carbonyl (C=O) groups excluding carboxylic acids is 7. The van der Waals surface area contributed by atoms with E-state index in [0.717, 1.165) is 16.3 Å². The number of hydrogen-bond acceptors (Lipinski definition) is 8. The first-order valence-electron chi connectivity index (χ1n) is 16.5. The number of nitrogens with zero attached hydrogens (tertiary/aromatic N) is 1. The molecular weight excluding hydrogens is 677 g/mol. The molecule has 7 amide bonds. The molecule has 51 heavy (non-hydrogen) atoms. The third-order valence-electron chi connectivity index (χ3n) is 8.47. The molecule has 0 spiro atoms. The quantitative estimate of drug-likeness (QED) is 0.190. The molecule has 16 heteroatoms. The SMILES string of the molecule is C[C@@H]1NC(=O)[C@H](C)NC(=O)[C@H](C)NC(=O)[C@H](C)n2cc3ccccc3c2SC[C@@H](C(=O)N[C@@H](Cc2ccccc2)C(N)=O)NC(=O)[C@H](C)NC1=O. The molecule has 0 saturated heterocycles. The summed E-state index contributed by atoms with van der Waals surface area (Å²) in [6, 6.07) is 8.88. The van der Waals surface area contributed by atoms with Crippen LogP contribution in [0.5, 0.6) is 0 Å².